The molecule has 2 aromatic rings. The lowest BCUT2D eigenvalue weighted by Crippen LogP contribution is -2.32. The molecule has 2 aromatic heterocycles. The minimum Gasteiger partial charge on any atom is -0.367 e. The van der Waals surface area contributed by atoms with Crippen molar-refractivity contribution in [2.45, 2.75) is 19.4 Å². The highest BCUT2D eigenvalue weighted by Crippen LogP contribution is 2.32. The molecule has 21 heavy (non-hydrogen) atoms. The van der Waals surface area contributed by atoms with Gasteiger partial charge < -0.3 is 10.2 Å². The third-order valence-corrected chi connectivity index (χ3v) is 4.19. The summed E-state index contributed by atoms with van der Waals surface area (Å²) in [6.45, 7) is 2.02. The third kappa shape index (κ3) is 3.27. The minimum atomic E-state index is -0.449. The normalized spacial score (nSPS) is 12.0. The van der Waals surface area contributed by atoms with Crippen molar-refractivity contribution in [2.75, 3.05) is 24.3 Å². The number of hydrogen-bond donors (Lipinski definition) is 1. The molecule has 1 N–H and O–H groups in total. The molecule has 2 rings (SSSR count). The maximum atomic E-state index is 11.3. The number of nitrogens with zero attached hydrogens (tertiary/aromatic N) is 4. The van der Waals surface area contributed by atoms with Crippen LogP contribution in [0.25, 0.3) is 0 Å². The summed E-state index contributed by atoms with van der Waals surface area (Å²) in [7, 11) is 3.42. The van der Waals surface area contributed by atoms with Crippen LogP contribution in [0.5, 0.6) is 0 Å². The summed E-state index contributed by atoms with van der Waals surface area (Å²) >= 11 is 1.68. The van der Waals surface area contributed by atoms with Crippen molar-refractivity contribution in [3.05, 3.63) is 38.8 Å². The zero-order valence-corrected chi connectivity index (χ0v) is 12.9. The fourth-order valence-electron chi connectivity index (χ4n) is 2.04. The predicted octanol–water partition coefficient (Wildman–Crippen LogP) is 2.56. The lowest BCUT2D eigenvalue weighted by molar-refractivity contribution is -0.383. The van der Waals surface area contributed by atoms with Gasteiger partial charge >= 0.3 is 5.69 Å². The van der Waals surface area contributed by atoms with Crippen molar-refractivity contribution < 1.29 is 4.92 Å². The van der Waals surface area contributed by atoms with Crippen LogP contribution in [0, 0.1) is 10.1 Å². The highest BCUT2D eigenvalue weighted by Gasteiger charge is 2.27. The number of rotatable bonds is 6. The molecule has 0 aromatic carbocycles. The number of nitrogens with one attached hydrogen (secondary N) is 1. The summed E-state index contributed by atoms with van der Waals surface area (Å²) in [5.41, 5.74) is -0.0967. The Bertz CT molecular complexity index is 617. The van der Waals surface area contributed by atoms with Crippen LogP contribution in [0.4, 0.5) is 17.3 Å². The zero-order chi connectivity index (χ0) is 15.4. The van der Waals surface area contributed by atoms with Crippen LogP contribution in [-0.4, -0.2) is 35.0 Å². The Morgan fingerprint density at radius 2 is 2.29 bits per heavy atom. The summed E-state index contributed by atoms with van der Waals surface area (Å²) in [5, 5.41) is 16.1. The molecule has 8 heteroatoms. The van der Waals surface area contributed by atoms with E-state index in [1.807, 2.05) is 30.3 Å². The van der Waals surface area contributed by atoms with E-state index in [-0.39, 0.29) is 17.5 Å². The van der Waals surface area contributed by atoms with Gasteiger partial charge in [0.05, 0.1) is 4.92 Å². The van der Waals surface area contributed by atoms with Crippen molar-refractivity contribution in [3.8, 4) is 0 Å². The van der Waals surface area contributed by atoms with Crippen LogP contribution in [0.2, 0.25) is 0 Å². The van der Waals surface area contributed by atoms with Gasteiger partial charge in [-0.25, -0.2) is 9.97 Å². The van der Waals surface area contributed by atoms with E-state index in [0.717, 1.165) is 6.42 Å². The van der Waals surface area contributed by atoms with Crippen molar-refractivity contribution in [3.63, 3.8) is 0 Å². The maximum Gasteiger partial charge on any atom is 0.353 e. The van der Waals surface area contributed by atoms with Gasteiger partial charge in [0, 0.05) is 31.4 Å². The number of aromatic nitrogens is 2. The Kier molecular flexibility index (Phi) is 4.69. The van der Waals surface area contributed by atoms with E-state index in [4.69, 9.17) is 0 Å². The SMILES string of the molecule is CNc1ncnc(N(C)C(C)Cc2cccs2)c1[N+](=O)[O-]. The first-order valence-corrected chi connectivity index (χ1v) is 7.35. The van der Waals surface area contributed by atoms with Gasteiger partial charge in [0.1, 0.15) is 6.33 Å². The molecule has 0 amide bonds. The van der Waals surface area contributed by atoms with Gasteiger partial charge in [0.15, 0.2) is 0 Å². The first-order chi connectivity index (χ1) is 10.0. The maximum absolute atomic E-state index is 11.3. The topological polar surface area (TPSA) is 84.2 Å². The predicted molar refractivity (Wildman–Crippen MR) is 84.1 cm³/mol. The molecule has 0 saturated carbocycles. The quantitative estimate of drug-likeness (QED) is 0.652. The Morgan fingerprint density at radius 3 is 2.86 bits per heavy atom. The molecule has 0 bridgehead atoms. The molecule has 112 valence electrons. The van der Waals surface area contributed by atoms with Crippen LogP contribution >= 0.6 is 11.3 Å². The lowest BCUT2D eigenvalue weighted by Gasteiger charge is -2.25. The third-order valence-electron chi connectivity index (χ3n) is 3.29. The van der Waals surface area contributed by atoms with Crippen LogP contribution in [0.15, 0.2) is 23.8 Å². The summed E-state index contributed by atoms with van der Waals surface area (Å²) < 4.78 is 0. The van der Waals surface area contributed by atoms with Gasteiger partial charge in [-0.2, -0.15) is 0 Å². The molecule has 0 aliphatic heterocycles. The summed E-state index contributed by atoms with van der Waals surface area (Å²) in [6, 6.07) is 4.14. The van der Waals surface area contributed by atoms with Crippen molar-refractivity contribution in [2.24, 2.45) is 0 Å². The molecule has 2 heterocycles. The minimum absolute atomic E-state index is 0.0851. The molecule has 1 atom stereocenters. The number of nitro groups is 1. The molecule has 0 spiro atoms. The van der Waals surface area contributed by atoms with Gasteiger partial charge in [-0.1, -0.05) is 6.07 Å². The fraction of sp³-hybridized carbons (Fsp3) is 0.385. The van der Waals surface area contributed by atoms with Gasteiger partial charge in [0.2, 0.25) is 11.6 Å². The van der Waals surface area contributed by atoms with Crippen molar-refractivity contribution in [1.29, 1.82) is 0 Å². The van der Waals surface area contributed by atoms with Gasteiger partial charge in [0.25, 0.3) is 0 Å². The van der Waals surface area contributed by atoms with E-state index in [2.05, 4.69) is 21.4 Å². The Morgan fingerprint density at radius 1 is 1.52 bits per heavy atom. The Balaban J connectivity index is 2.29. The smallest absolute Gasteiger partial charge is 0.353 e. The first-order valence-electron chi connectivity index (χ1n) is 6.47. The summed E-state index contributed by atoms with van der Waals surface area (Å²) in [6.07, 6.45) is 2.15. The Labute approximate surface area is 126 Å². The van der Waals surface area contributed by atoms with Crippen LogP contribution < -0.4 is 10.2 Å². The standard InChI is InChI=1S/C13H17N5O2S/c1-9(7-10-5-4-6-21-10)17(3)13-11(18(19)20)12(14-2)15-8-16-13/h4-6,8-9H,7H2,1-3H3,(H,14,15,16). The van der Waals surface area contributed by atoms with Crippen molar-refractivity contribution in [1.82, 2.24) is 9.97 Å². The van der Waals surface area contributed by atoms with Gasteiger partial charge in [-0.3, -0.25) is 10.1 Å². The average molecular weight is 307 g/mol. The number of thiophene rings is 1. The first kappa shape index (κ1) is 15.2. The second-order valence-electron chi connectivity index (χ2n) is 4.65. The number of hydrogen-bond acceptors (Lipinski definition) is 7. The zero-order valence-electron chi connectivity index (χ0n) is 12.1. The van der Waals surface area contributed by atoms with E-state index in [0.29, 0.717) is 5.82 Å². The monoisotopic (exact) mass is 307 g/mol. The molecule has 0 aliphatic carbocycles. The van der Waals surface area contributed by atoms with E-state index in [1.165, 1.54) is 11.2 Å². The molecular weight excluding hydrogens is 290 g/mol. The van der Waals surface area contributed by atoms with E-state index >= 15 is 0 Å². The molecule has 0 aliphatic rings. The molecule has 7 nitrogen and oxygen atoms in total. The molecular formula is C13H17N5O2S. The van der Waals surface area contributed by atoms with Crippen molar-refractivity contribution >= 4 is 28.7 Å². The highest BCUT2D eigenvalue weighted by atomic mass is 32.1. The van der Waals surface area contributed by atoms with E-state index in [1.54, 1.807) is 18.4 Å². The molecule has 0 saturated heterocycles. The van der Waals surface area contributed by atoms with Gasteiger partial charge in [-0.05, 0) is 18.4 Å². The molecule has 1 unspecified atom stereocenters. The van der Waals surface area contributed by atoms with Crippen LogP contribution in [-0.2, 0) is 6.42 Å². The van der Waals surface area contributed by atoms with Crippen LogP contribution in [0.3, 0.4) is 0 Å². The summed E-state index contributed by atoms with van der Waals surface area (Å²) in [5.74, 6) is 0.545. The summed E-state index contributed by atoms with van der Waals surface area (Å²) in [4.78, 5) is 21.9. The second kappa shape index (κ2) is 6.49. The van der Waals surface area contributed by atoms with Gasteiger partial charge in [-0.15, -0.1) is 11.3 Å². The largest absolute Gasteiger partial charge is 0.367 e. The highest BCUT2D eigenvalue weighted by molar-refractivity contribution is 7.09. The Hall–Kier alpha value is -2.22. The average Bonchev–Trinajstić information content (AvgIpc) is 2.98. The lowest BCUT2D eigenvalue weighted by atomic mass is 10.2. The fourth-order valence-corrected chi connectivity index (χ4v) is 2.87. The number of anilines is 2. The second-order valence-corrected chi connectivity index (χ2v) is 5.68. The van der Waals surface area contributed by atoms with Crippen LogP contribution in [0.1, 0.15) is 11.8 Å². The molecule has 0 fully saturated rings. The van der Waals surface area contributed by atoms with E-state index < -0.39 is 4.92 Å². The number of likely N-dealkylation sites (N-methyl/N-ethyl adjacent to an activating group) is 1. The molecule has 0 radical (unpaired) electrons. The van der Waals surface area contributed by atoms with E-state index in [9.17, 15) is 10.1 Å².